The van der Waals surface area contributed by atoms with Crippen molar-refractivity contribution < 1.29 is 0 Å². The van der Waals surface area contributed by atoms with E-state index in [0.29, 0.717) is 0 Å². The molecule has 0 N–H and O–H groups in total. The van der Waals surface area contributed by atoms with Crippen LogP contribution in [0, 0.1) is 35.0 Å². The summed E-state index contributed by atoms with van der Waals surface area (Å²) in [5.41, 5.74) is 2.28. The average Bonchev–Trinajstić information content (AvgIpc) is 3.16. The molecule has 0 radical (unpaired) electrons. The van der Waals surface area contributed by atoms with Crippen molar-refractivity contribution in [3.8, 4) is 0 Å². The summed E-state index contributed by atoms with van der Waals surface area (Å²) in [6.07, 6.45) is 25.3. The van der Waals surface area contributed by atoms with Gasteiger partial charge in [0.15, 0.2) is 0 Å². The maximum absolute atomic E-state index is 4.19. The Bertz CT molecular complexity index is 550. The minimum Gasteiger partial charge on any atom is -0.265 e. The maximum Gasteiger partial charge on any atom is 0.0270 e. The molecule has 1 heterocycles. The summed E-state index contributed by atoms with van der Waals surface area (Å²) in [6, 6.07) is 4.45. The van der Waals surface area contributed by atoms with E-state index in [-0.39, 0.29) is 0 Å². The minimum atomic E-state index is 0.780. The number of aromatic nitrogens is 1. The molecule has 4 bridgehead atoms. The Morgan fingerprint density at radius 2 is 1.50 bits per heavy atom. The van der Waals surface area contributed by atoms with Gasteiger partial charge in [0.25, 0.3) is 0 Å². The van der Waals surface area contributed by atoms with Crippen molar-refractivity contribution in [3.63, 3.8) is 0 Å². The second-order valence-electron chi connectivity index (χ2n) is 10.7. The minimum absolute atomic E-state index is 0.780. The van der Waals surface area contributed by atoms with E-state index >= 15 is 0 Å². The maximum atomic E-state index is 4.19. The Balaban J connectivity index is 1.23. The quantitative estimate of drug-likeness (QED) is 0.525. The highest BCUT2D eigenvalue weighted by Gasteiger charge is 2.50. The molecule has 1 unspecified atom stereocenters. The fourth-order valence-electron chi connectivity index (χ4n) is 8.03. The SMILES string of the molecule is c1cc(CCC(CCC23CC4CC(CC(C4)C2)C3)C2CCCC2)ccn1. The predicted molar refractivity (Wildman–Crippen MR) is 108 cm³/mol. The molecule has 0 spiro atoms. The van der Waals surface area contributed by atoms with E-state index in [4.69, 9.17) is 0 Å². The van der Waals surface area contributed by atoms with E-state index in [1.54, 1.807) is 44.9 Å². The molecule has 1 aromatic heterocycles. The number of hydrogen-bond donors (Lipinski definition) is 0. The van der Waals surface area contributed by atoms with Crippen LogP contribution in [0.2, 0.25) is 0 Å². The Morgan fingerprint density at radius 1 is 0.885 bits per heavy atom. The molecule has 5 saturated carbocycles. The van der Waals surface area contributed by atoms with Crippen molar-refractivity contribution in [2.45, 2.75) is 89.9 Å². The van der Waals surface area contributed by atoms with Crippen LogP contribution in [-0.4, -0.2) is 4.98 Å². The molecule has 1 aromatic rings. The first-order valence-electron chi connectivity index (χ1n) is 11.7. The van der Waals surface area contributed by atoms with Crippen LogP contribution in [0.5, 0.6) is 0 Å². The zero-order chi connectivity index (χ0) is 17.4. The predicted octanol–water partition coefficient (Wildman–Crippen LogP) is 6.82. The smallest absolute Gasteiger partial charge is 0.0270 e. The fourth-order valence-corrected chi connectivity index (χ4v) is 8.03. The summed E-state index contributed by atoms with van der Waals surface area (Å²) < 4.78 is 0. The average molecular weight is 352 g/mol. The third-order valence-corrected chi connectivity index (χ3v) is 8.83. The molecule has 6 rings (SSSR count). The van der Waals surface area contributed by atoms with Crippen molar-refractivity contribution in [1.29, 1.82) is 0 Å². The lowest BCUT2D eigenvalue weighted by atomic mass is 9.48. The van der Waals surface area contributed by atoms with Crippen LogP contribution >= 0.6 is 0 Å². The first-order valence-corrected chi connectivity index (χ1v) is 11.7. The van der Waals surface area contributed by atoms with Gasteiger partial charge < -0.3 is 0 Å². The van der Waals surface area contributed by atoms with Crippen LogP contribution in [0.15, 0.2) is 24.5 Å². The van der Waals surface area contributed by atoms with Gasteiger partial charge in [-0.1, -0.05) is 25.7 Å². The Morgan fingerprint density at radius 3 is 2.12 bits per heavy atom. The number of hydrogen-bond acceptors (Lipinski definition) is 1. The monoisotopic (exact) mass is 351 g/mol. The van der Waals surface area contributed by atoms with Crippen molar-refractivity contribution in [2.24, 2.45) is 35.0 Å². The summed E-state index contributed by atoms with van der Waals surface area (Å²) in [4.78, 5) is 4.19. The van der Waals surface area contributed by atoms with Gasteiger partial charge in [0.05, 0.1) is 0 Å². The summed E-state index contributed by atoms with van der Waals surface area (Å²) in [7, 11) is 0. The van der Waals surface area contributed by atoms with Crippen LogP contribution in [0.1, 0.15) is 89.0 Å². The van der Waals surface area contributed by atoms with Crippen LogP contribution in [0.25, 0.3) is 0 Å². The van der Waals surface area contributed by atoms with E-state index in [2.05, 4.69) is 17.1 Å². The lowest BCUT2D eigenvalue weighted by Gasteiger charge is -2.57. The molecule has 1 atom stereocenters. The molecule has 1 heteroatoms. The Labute approximate surface area is 160 Å². The third-order valence-electron chi connectivity index (χ3n) is 8.83. The van der Waals surface area contributed by atoms with Crippen LogP contribution in [0.4, 0.5) is 0 Å². The lowest BCUT2D eigenvalue weighted by Crippen LogP contribution is -2.46. The zero-order valence-electron chi connectivity index (χ0n) is 16.5. The fraction of sp³-hybridized carbons (Fsp3) is 0.800. The molecule has 142 valence electrons. The molecule has 0 aliphatic heterocycles. The van der Waals surface area contributed by atoms with Crippen LogP contribution < -0.4 is 0 Å². The largest absolute Gasteiger partial charge is 0.265 e. The Hall–Kier alpha value is -0.850. The van der Waals surface area contributed by atoms with Gasteiger partial charge in [0, 0.05) is 12.4 Å². The molecular formula is C25H37N. The Kier molecular flexibility index (Phi) is 4.84. The van der Waals surface area contributed by atoms with E-state index < -0.39 is 0 Å². The van der Waals surface area contributed by atoms with Crippen molar-refractivity contribution >= 4 is 0 Å². The van der Waals surface area contributed by atoms with Gasteiger partial charge in [-0.15, -0.1) is 0 Å². The molecule has 5 aliphatic rings. The van der Waals surface area contributed by atoms with E-state index in [9.17, 15) is 0 Å². The molecule has 5 fully saturated rings. The van der Waals surface area contributed by atoms with Crippen molar-refractivity contribution in [2.75, 3.05) is 0 Å². The number of aryl methyl sites for hydroxylation is 1. The van der Waals surface area contributed by atoms with Crippen molar-refractivity contribution in [1.82, 2.24) is 4.98 Å². The first kappa shape index (κ1) is 17.3. The lowest BCUT2D eigenvalue weighted by molar-refractivity contribution is -0.0611. The van der Waals surface area contributed by atoms with Crippen LogP contribution in [0.3, 0.4) is 0 Å². The molecule has 0 aromatic carbocycles. The first-order chi connectivity index (χ1) is 12.8. The standard InChI is InChI=1S/C25H37N/c1-2-4-23(3-1)24(6-5-19-8-11-26-12-9-19)7-10-25-16-20-13-21(17-25)15-22(14-20)18-25/h8-9,11-12,20-24H,1-7,10,13-18H2. The van der Waals surface area contributed by atoms with E-state index in [1.807, 2.05) is 12.4 Å². The number of rotatable bonds is 7. The summed E-state index contributed by atoms with van der Waals surface area (Å²) >= 11 is 0. The second-order valence-corrected chi connectivity index (χ2v) is 10.7. The molecule has 0 saturated heterocycles. The van der Waals surface area contributed by atoms with Crippen molar-refractivity contribution in [3.05, 3.63) is 30.1 Å². The van der Waals surface area contributed by atoms with Gasteiger partial charge in [0.1, 0.15) is 0 Å². The molecule has 0 amide bonds. The highest BCUT2D eigenvalue weighted by molar-refractivity contribution is 5.10. The van der Waals surface area contributed by atoms with E-state index in [1.165, 1.54) is 50.5 Å². The van der Waals surface area contributed by atoms with E-state index in [0.717, 1.165) is 35.0 Å². The van der Waals surface area contributed by atoms with Gasteiger partial charge in [-0.3, -0.25) is 4.98 Å². The topological polar surface area (TPSA) is 12.9 Å². The highest BCUT2D eigenvalue weighted by Crippen LogP contribution is 2.62. The molecular weight excluding hydrogens is 314 g/mol. The molecule has 1 nitrogen and oxygen atoms in total. The highest BCUT2D eigenvalue weighted by atomic mass is 14.6. The van der Waals surface area contributed by atoms with Gasteiger partial charge in [0.2, 0.25) is 0 Å². The summed E-state index contributed by atoms with van der Waals surface area (Å²) in [6.45, 7) is 0. The van der Waals surface area contributed by atoms with Gasteiger partial charge >= 0.3 is 0 Å². The zero-order valence-corrected chi connectivity index (χ0v) is 16.5. The summed E-state index contributed by atoms with van der Waals surface area (Å²) in [5, 5.41) is 0. The van der Waals surface area contributed by atoms with Gasteiger partial charge in [-0.2, -0.15) is 0 Å². The number of nitrogens with zero attached hydrogens (tertiary/aromatic N) is 1. The van der Waals surface area contributed by atoms with Gasteiger partial charge in [-0.25, -0.2) is 0 Å². The van der Waals surface area contributed by atoms with Crippen LogP contribution in [-0.2, 0) is 6.42 Å². The molecule has 5 aliphatic carbocycles. The normalized spacial score (nSPS) is 37.3. The third kappa shape index (κ3) is 3.60. The second kappa shape index (κ2) is 7.28. The molecule has 26 heavy (non-hydrogen) atoms. The summed E-state index contributed by atoms with van der Waals surface area (Å²) in [5.74, 6) is 5.36. The number of pyridine rings is 1. The van der Waals surface area contributed by atoms with Gasteiger partial charge in [-0.05, 0) is 117 Å².